The van der Waals surface area contributed by atoms with Crippen molar-refractivity contribution in [1.82, 2.24) is 0 Å². The largest absolute Gasteiger partial charge is 0.733 e. The highest BCUT2D eigenvalue weighted by molar-refractivity contribution is 6.14. The number of ketones is 1. The van der Waals surface area contributed by atoms with E-state index in [0.29, 0.717) is 22.4 Å². The highest BCUT2D eigenvalue weighted by atomic mass is 16.8. The molecule has 3 aromatic carbocycles. The summed E-state index contributed by atoms with van der Waals surface area (Å²) in [4.78, 5) is 25.0. The lowest BCUT2D eigenvalue weighted by Gasteiger charge is -2.21. The number of methoxy groups -OCH3 is 1. The molecule has 0 saturated carbocycles. The predicted molar refractivity (Wildman–Crippen MR) is 111 cm³/mol. The van der Waals surface area contributed by atoms with E-state index < -0.39 is 5.97 Å². The standard InChI is InChI=1S/C23H16NO7/c1-29-17-7-3-5-15(12-17)23(26)30-18-8-9-19-20(13-18)31-21(22(19)25)11-14-4-2-6-16(10-14)24(27)28/h2-13,27H,1H3/q-1. The average molecular weight is 418 g/mol. The van der Waals surface area contributed by atoms with Gasteiger partial charge >= 0.3 is 5.97 Å². The highest BCUT2D eigenvalue weighted by Gasteiger charge is 2.28. The van der Waals surface area contributed by atoms with Crippen LogP contribution in [0.4, 0.5) is 5.69 Å². The molecule has 0 unspecified atom stereocenters. The molecule has 1 aliphatic rings. The SMILES string of the molecule is COc1cccc(C(=O)Oc2ccc3c(c2)OC(=Cc2cccc(N([O-])O)c2)C3=O)c1. The Morgan fingerprint density at radius 3 is 2.65 bits per heavy atom. The lowest BCUT2D eigenvalue weighted by atomic mass is 10.1. The Morgan fingerprint density at radius 1 is 1.06 bits per heavy atom. The summed E-state index contributed by atoms with van der Waals surface area (Å²) in [6.07, 6.45) is 1.46. The lowest BCUT2D eigenvalue weighted by molar-refractivity contribution is 0.0734. The molecule has 0 amide bonds. The number of carbonyl (C=O) groups is 2. The maximum absolute atomic E-state index is 12.6. The molecule has 1 heterocycles. The summed E-state index contributed by atoms with van der Waals surface area (Å²) >= 11 is 0. The number of benzene rings is 3. The third kappa shape index (κ3) is 4.25. The van der Waals surface area contributed by atoms with Crippen molar-refractivity contribution < 1.29 is 29.0 Å². The van der Waals surface area contributed by atoms with Gasteiger partial charge in [-0.3, -0.25) is 10.0 Å². The molecular formula is C23H16NO7-. The van der Waals surface area contributed by atoms with Crippen LogP contribution in [0, 0.1) is 5.21 Å². The molecule has 0 aliphatic carbocycles. The summed E-state index contributed by atoms with van der Waals surface area (Å²) < 4.78 is 16.1. The van der Waals surface area contributed by atoms with Gasteiger partial charge in [0.05, 0.1) is 23.9 Å². The first-order valence-corrected chi connectivity index (χ1v) is 9.15. The van der Waals surface area contributed by atoms with Crippen molar-refractivity contribution >= 4 is 23.5 Å². The van der Waals surface area contributed by atoms with Crippen molar-refractivity contribution in [1.29, 1.82) is 0 Å². The molecule has 0 bridgehead atoms. The number of anilines is 1. The molecule has 0 saturated heterocycles. The van der Waals surface area contributed by atoms with Crippen molar-refractivity contribution in [3.63, 3.8) is 0 Å². The fraction of sp³-hybridized carbons (Fsp3) is 0.0435. The fourth-order valence-corrected chi connectivity index (χ4v) is 3.03. The zero-order valence-electron chi connectivity index (χ0n) is 16.3. The molecular weight excluding hydrogens is 402 g/mol. The maximum Gasteiger partial charge on any atom is 0.343 e. The van der Waals surface area contributed by atoms with Crippen LogP contribution in [-0.4, -0.2) is 24.1 Å². The van der Waals surface area contributed by atoms with E-state index in [2.05, 4.69) is 0 Å². The summed E-state index contributed by atoms with van der Waals surface area (Å²) in [5.74, 6) is 0.0909. The molecule has 0 spiro atoms. The topological polar surface area (TPSA) is 108 Å². The number of fused-ring (bicyclic) bond motifs is 1. The number of rotatable bonds is 5. The van der Waals surface area contributed by atoms with Crippen LogP contribution in [0.3, 0.4) is 0 Å². The van der Waals surface area contributed by atoms with E-state index in [4.69, 9.17) is 19.4 Å². The Bertz CT molecular complexity index is 1200. The normalized spacial score (nSPS) is 13.5. The highest BCUT2D eigenvalue weighted by Crippen LogP contribution is 2.35. The predicted octanol–water partition coefficient (Wildman–Crippen LogP) is 4.22. The van der Waals surface area contributed by atoms with Crippen LogP contribution in [0.2, 0.25) is 0 Å². The molecule has 1 N–H and O–H groups in total. The van der Waals surface area contributed by atoms with E-state index in [1.54, 1.807) is 36.4 Å². The number of carbonyl (C=O) groups excluding carboxylic acids is 2. The molecule has 31 heavy (non-hydrogen) atoms. The first kappa shape index (κ1) is 20.1. The molecule has 0 atom stereocenters. The lowest BCUT2D eigenvalue weighted by Crippen LogP contribution is -2.08. The van der Waals surface area contributed by atoms with Gasteiger partial charge in [0, 0.05) is 6.07 Å². The van der Waals surface area contributed by atoms with Crippen LogP contribution >= 0.6 is 0 Å². The Morgan fingerprint density at radius 2 is 1.87 bits per heavy atom. The summed E-state index contributed by atoms with van der Waals surface area (Å²) in [6.45, 7) is 0. The molecule has 0 aromatic heterocycles. The zero-order valence-corrected chi connectivity index (χ0v) is 16.3. The monoisotopic (exact) mass is 418 g/mol. The van der Waals surface area contributed by atoms with Crippen LogP contribution in [0.15, 0.2) is 72.5 Å². The van der Waals surface area contributed by atoms with Crippen molar-refractivity contribution in [2.75, 3.05) is 12.3 Å². The van der Waals surface area contributed by atoms with Gasteiger partial charge in [-0.1, -0.05) is 18.2 Å². The molecule has 0 fully saturated rings. The van der Waals surface area contributed by atoms with Gasteiger partial charge in [0.25, 0.3) is 0 Å². The molecule has 3 aromatic rings. The Balaban J connectivity index is 1.54. The van der Waals surface area contributed by atoms with Gasteiger partial charge in [-0.2, -0.15) is 0 Å². The van der Waals surface area contributed by atoms with Gasteiger partial charge in [-0.15, -0.1) is 0 Å². The number of Topliss-reactive ketones (excluding diaryl/α,β-unsaturated/α-hetero) is 1. The van der Waals surface area contributed by atoms with Crippen molar-refractivity contribution in [2.24, 2.45) is 0 Å². The second-order valence-electron chi connectivity index (χ2n) is 6.59. The first-order chi connectivity index (χ1) is 14.9. The molecule has 4 rings (SSSR count). The third-order valence-corrected chi connectivity index (χ3v) is 4.55. The maximum atomic E-state index is 12.6. The fourth-order valence-electron chi connectivity index (χ4n) is 3.03. The number of esters is 1. The summed E-state index contributed by atoms with van der Waals surface area (Å²) in [5.41, 5.74) is 1.14. The van der Waals surface area contributed by atoms with Gasteiger partial charge in [0.15, 0.2) is 5.76 Å². The number of hydrogen-bond donors (Lipinski definition) is 1. The van der Waals surface area contributed by atoms with Gasteiger partial charge < -0.3 is 24.6 Å². The Hall–Kier alpha value is -4.14. The van der Waals surface area contributed by atoms with Crippen molar-refractivity contribution in [3.05, 3.63) is 94.4 Å². The number of nitrogens with zero attached hydrogens (tertiary/aromatic N) is 1. The zero-order chi connectivity index (χ0) is 22.0. The quantitative estimate of drug-likeness (QED) is 0.284. The second-order valence-corrected chi connectivity index (χ2v) is 6.59. The van der Waals surface area contributed by atoms with Crippen LogP contribution in [0.25, 0.3) is 6.08 Å². The van der Waals surface area contributed by atoms with Crippen molar-refractivity contribution in [2.45, 2.75) is 0 Å². The van der Waals surface area contributed by atoms with E-state index in [1.165, 1.54) is 43.5 Å². The summed E-state index contributed by atoms with van der Waals surface area (Å²) in [7, 11) is 1.50. The summed E-state index contributed by atoms with van der Waals surface area (Å²) in [5, 5.41) is 19.8. The van der Waals surface area contributed by atoms with Gasteiger partial charge in [0.2, 0.25) is 5.78 Å². The van der Waals surface area contributed by atoms with Gasteiger partial charge in [-0.05, 0) is 54.1 Å². The molecule has 8 heteroatoms. The Kier molecular flexibility index (Phi) is 5.40. The molecule has 1 aliphatic heterocycles. The second kappa shape index (κ2) is 8.31. The molecule has 0 radical (unpaired) electrons. The molecule has 156 valence electrons. The van der Waals surface area contributed by atoms with E-state index in [9.17, 15) is 14.8 Å². The van der Waals surface area contributed by atoms with Crippen LogP contribution in [0.5, 0.6) is 17.2 Å². The minimum absolute atomic E-state index is 0.0176. The van der Waals surface area contributed by atoms with Crippen LogP contribution < -0.4 is 19.4 Å². The third-order valence-electron chi connectivity index (χ3n) is 4.55. The number of hydrogen-bond acceptors (Lipinski definition) is 8. The Labute approximate surface area is 177 Å². The van der Waals surface area contributed by atoms with Crippen molar-refractivity contribution in [3.8, 4) is 17.2 Å². The number of ether oxygens (including phenoxy) is 3. The van der Waals surface area contributed by atoms with E-state index in [-0.39, 0.29) is 34.0 Å². The van der Waals surface area contributed by atoms with E-state index >= 15 is 0 Å². The smallest absolute Gasteiger partial charge is 0.343 e. The van der Waals surface area contributed by atoms with Gasteiger partial charge in [-0.25, -0.2) is 4.79 Å². The minimum atomic E-state index is -0.582. The van der Waals surface area contributed by atoms with Crippen LogP contribution in [-0.2, 0) is 0 Å². The molecule has 8 nitrogen and oxygen atoms in total. The minimum Gasteiger partial charge on any atom is -0.733 e. The van der Waals surface area contributed by atoms with Gasteiger partial charge in [0.1, 0.15) is 17.2 Å². The average Bonchev–Trinajstić information content (AvgIpc) is 3.08. The van der Waals surface area contributed by atoms with Crippen LogP contribution in [0.1, 0.15) is 26.3 Å². The first-order valence-electron chi connectivity index (χ1n) is 9.15. The van der Waals surface area contributed by atoms with E-state index in [0.717, 1.165) is 0 Å². The summed E-state index contributed by atoms with van der Waals surface area (Å²) in [6, 6.07) is 17.0. The number of allylic oxidation sites excluding steroid dienone is 1. The van der Waals surface area contributed by atoms with E-state index in [1.807, 2.05) is 0 Å².